The van der Waals surface area contributed by atoms with Crippen molar-refractivity contribution in [3.63, 3.8) is 0 Å². The van der Waals surface area contributed by atoms with Gasteiger partial charge in [0.25, 0.3) is 0 Å². The number of rotatable bonds is 7. The van der Waals surface area contributed by atoms with Crippen LogP contribution in [0.25, 0.3) is 0 Å². The fourth-order valence-electron chi connectivity index (χ4n) is 2.14. The minimum absolute atomic E-state index is 0.0254. The number of hydrogen-bond acceptors (Lipinski definition) is 3. The lowest BCUT2D eigenvalue weighted by molar-refractivity contribution is 0.274. The quantitative estimate of drug-likeness (QED) is 0.820. The second-order valence-electron chi connectivity index (χ2n) is 5.36. The van der Waals surface area contributed by atoms with Crippen LogP contribution in [-0.4, -0.2) is 11.1 Å². The molecule has 0 aliphatic carbocycles. The molecule has 0 bridgehead atoms. The van der Waals surface area contributed by atoms with E-state index < -0.39 is 0 Å². The Labute approximate surface area is 126 Å². The van der Waals surface area contributed by atoms with Gasteiger partial charge in [0.15, 0.2) is 0 Å². The lowest BCUT2D eigenvalue weighted by Crippen LogP contribution is -2.23. The average molecular weight is 285 g/mol. The van der Waals surface area contributed by atoms with Gasteiger partial charge in [0.2, 0.25) is 0 Å². The van der Waals surface area contributed by atoms with Gasteiger partial charge in [-0.05, 0) is 17.2 Å². The molecule has 2 N–H and O–H groups in total. The molecule has 0 radical (unpaired) electrons. The van der Waals surface area contributed by atoms with E-state index in [4.69, 9.17) is 4.74 Å². The van der Waals surface area contributed by atoms with Gasteiger partial charge in [0.05, 0.1) is 6.61 Å². The molecule has 0 saturated carbocycles. The van der Waals surface area contributed by atoms with Crippen LogP contribution in [0.4, 0.5) is 0 Å². The van der Waals surface area contributed by atoms with Gasteiger partial charge in [-0.2, -0.15) is 0 Å². The van der Waals surface area contributed by atoms with E-state index in [2.05, 4.69) is 19.2 Å². The molecular weight excluding hydrogens is 262 g/mol. The van der Waals surface area contributed by atoms with Crippen LogP contribution in [0.3, 0.4) is 0 Å². The van der Waals surface area contributed by atoms with Gasteiger partial charge >= 0.3 is 0 Å². The van der Waals surface area contributed by atoms with Crippen molar-refractivity contribution in [1.29, 1.82) is 0 Å². The second kappa shape index (κ2) is 7.81. The number of nitrogens with one attached hydrogen (secondary N) is 1. The molecule has 0 unspecified atom stereocenters. The predicted octanol–water partition coefficient (Wildman–Crippen LogP) is 3.26. The van der Waals surface area contributed by atoms with E-state index in [-0.39, 0.29) is 6.61 Å². The number of ether oxygens (including phenoxy) is 1. The van der Waals surface area contributed by atoms with E-state index in [1.165, 1.54) is 0 Å². The molecule has 3 heteroatoms. The SMILES string of the molecule is CC(C)NCc1c(CO)cccc1OCc1ccccc1. The Morgan fingerprint density at radius 3 is 2.48 bits per heavy atom. The fourth-order valence-corrected chi connectivity index (χ4v) is 2.14. The van der Waals surface area contributed by atoms with Crippen LogP contribution < -0.4 is 10.1 Å². The Morgan fingerprint density at radius 1 is 1.05 bits per heavy atom. The molecule has 0 aliphatic heterocycles. The number of benzene rings is 2. The van der Waals surface area contributed by atoms with Crippen LogP contribution in [0.1, 0.15) is 30.5 Å². The average Bonchev–Trinajstić information content (AvgIpc) is 2.51. The smallest absolute Gasteiger partial charge is 0.124 e. The first-order valence-corrected chi connectivity index (χ1v) is 7.32. The van der Waals surface area contributed by atoms with Gasteiger partial charge in [-0.15, -0.1) is 0 Å². The van der Waals surface area contributed by atoms with Crippen molar-refractivity contribution in [3.05, 3.63) is 65.2 Å². The summed E-state index contributed by atoms with van der Waals surface area (Å²) in [7, 11) is 0. The molecule has 0 amide bonds. The van der Waals surface area contributed by atoms with E-state index in [9.17, 15) is 5.11 Å². The summed E-state index contributed by atoms with van der Waals surface area (Å²) in [4.78, 5) is 0. The predicted molar refractivity (Wildman–Crippen MR) is 85.1 cm³/mol. The zero-order valence-electron chi connectivity index (χ0n) is 12.7. The highest BCUT2D eigenvalue weighted by Gasteiger charge is 2.09. The largest absolute Gasteiger partial charge is 0.489 e. The molecular formula is C18H23NO2. The highest BCUT2D eigenvalue weighted by Crippen LogP contribution is 2.24. The highest BCUT2D eigenvalue weighted by atomic mass is 16.5. The summed E-state index contributed by atoms with van der Waals surface area (Å²) in [6, 6.07) is 16.3. The summed E-state index contributed by atoms with van der Waals surface area (Å²) < 4.78 is 5.95. The van der Waals surface area contributed by atoms with Crippen molar-refractivity contribution in [3.8, 4) is 5.75 Å². The fraction of sp³-hybridized carbons (Fsp3) is 0.333. The van der Waals surface area contributed by atoms with Crippen molar-refractivity contribution >= 4 is 0 Å². The Balaban J connectivity index is 2.13. The normalized spacial score (nSPS) is 10.9. The van der Waals surface area contributed by atoms with Crippen LogP contribution in [0.2, 0.25) is 0 Å². The molecule has 0 fully saturated rings. The van der Waals surface area contributed by atoms with Crippen LogP contribution >= 0.6 is 0 Å². The van der Waals surface area contributed by atoms with Crippen molar-refractivity contribution < 1.29 is 9.84 Å². The monoisotopic (exact) mass is 285 g/mol. The van der Waals surface area contributed by atoms with Crippen LogP contribution in [0.5, 0.6) is 5.75 Å². The molecule has 0 spiro atoms. The van der Waals surface area contributed by atoms with Crippen LogP contribution in [0.15, 0.2) is 48.5 Å². The maximum atomic E-state index is 9.51. The molecule has 2 rings (SSSR count). The number of aliphatic hydroxyl groups is 1. The van der Waals surface area contributed by atoms with Gasteiger partial charge in [-0.3, -0.25) is 0 Å². The van der Waals surface area contributed by atoms with Gasteiger partial charge in [0.1, 0.15) is 12.4 Å². The first-order valence-electron chi connectivity index (χ1n) is 7.32. The Hall–Kier alpha value is -1.84. The van der Waals surface area contributed by atoms with E-state index >= 15 is 0 Å². The lowest BCUT2D eigenvalue weighted by atomic mass is 10.1. The molecule has 0 aliphatic rings. The first-order chi connectivity index (χ1) is 10.2. The summed E-state index contributed by atoms with van der Waals surface area (Å²) in [5.41, 5.74) is 3.08. The first kappa shape index (κ1) is 15.5. The lowest BCUT2D eigenvalue weighted by Gasteiger charge is -2.16. The minimum Gasteiger partial charge on any atom is -0.489 e. The molecule has 2 aromatic carbocycles. The van der Waals surface area contributed by atoms with Gasteiger partial charge < -0.3 is 15.2 Å². The van der Waals surface area contributed by atoms with Crippen molar-refractivity contribution in [2.45, 2.75) is 39.6 Å². The van der Waals surface area contributed by atoms with Gasteiger partial charge in [-0.1, -0.05) is 56.3 Å². The topological polar surface area (TPSA) is 41.5 Å². The standard InChI is InChI=1S/C18H23NO2/c1-14(2)19-11-17-16(12-20)9-6-10-18(17)21-13-15-7-4-3-5-8-15/h3-10,14,19-20H,11-13H2,1-2H3. The number of hydrogen-bond donors (Lipinski definition) is 2. The Bertz CT molecular complexity index is 552. The van der Waals surface area contributed by atoms with Crippen LogP contribution in [-0.2, 0) is 19.8 Å². The van der Waals surface area contributed by atoms with E-state index in [1.54, 1.807) is 0 Å². The third-order valence-electron chi connectivity index (χ3n) is 3.32. The molecule has 21 heavy (non-hydrogen) atoms. The zero-order chi connectivity index (χ0) is 15.1. The summed E-state index contributed by atoms with van der Waals surface area (Å²) in [6.45, 7) is 5.46. The van der Waals surface area contributed by atoms with Crippen LogP contribution in [0, 0.1) is 0 Å². The molecule has 0 saturated heterocycles. The summed E-state index contributed by atoms with van der Waals surface area (Å²) in [5, 5.41) is 12.9. The Kier molecular flexibility index (Phi) is 5.78. The molecule has 0 heterocycles. The summed E-state index contributed by atoms with van der Waals surface area (Å²) in [5.74, 6) is 0.832. The Morgan fingerprint density at radius 2 is 1.81 bits per heavy atom. The second-order valence-corrected chi connectivity index (χ2v) is 5.36. The molecule has 0 aromatic heterocycles. The molecule has 0 atom stereocenters. The van der Waals surface area contributed by atoms with Crippen molar-refractivity contribution in [2.75, 3.05) is 0 Å². The molecule has 2 aromatic rings. The number of aliphatic hydroxyl groups excluding tert-OH is 1. The van der Waals surface area contributed by atoms with Gasteiger partial charge in [-0.25, -0.2) is 0 Å². The zero-order valence-corrected chi connectivity index (χ0v) is 12.7. The van der Waals surface area contributed by atoms with Crippen molar-refractivity contribution in [1.82, 2.24) is 5.32 Å². The summed E-state index contributed by atoms with van der Waals surface area (Å²) >= 11 is 0. The minimum atomic E-state index is 0.0254. The summed E-state index contributed by atoms with van der Waals surface area (Å²) in [6.07, 6.45) is 0. The van der Waals surface area contributed by atoms with E-state index in [0.29, 0.717) is 19.2 Å². The highest BCUT2D eigenvalue weighted by molar-refractivity contribution is 5.40. The van der Waals surface area contributed by atoms with Gasteiger partial charge in [0, 0.05) is 18.2 Å². The van der Waals surface area contributed by atoms with E-state index in [0.717, 1.165) is 22.4 Å². The molecule has 112 valence electrons. The maximum Gasteiger partial charge on any atom is 0.124 e. The molecule has 3 nitrogen and oxygen atoms in total. The third kappa shape index (κ3) is 4.59. The maximum absolute atomic E-state index is 9.51. The van der Waals surface area contributed by atoms with Crippen molar-refractivity contribution in [2.24, 2.45) is 0 Å². The van der Waals surface area contributed by atoms with E-state index in [1.807, 2.05) is 48.5 Å². The third-order valence-corrected chi connectivity index (χ3v) is 3.32.